The molecule has 0 radical (unpaired) electrons. The van der Waals surface area contributed by atoms with E-state index in [4.69, 9.17) is 16.3 Å². The first-order chi connectivity index (χ1) is 10.1. The largest absolute Gasteiger partial charge is 0.389 e. The zero-order valence-electron chi connectivity index (χ0n) is 11.1. The van der Waals surface area contributed by atoms with Crippen LogP contribution in [-0.4, -0.2) is 32.3 Å². The van der Waals surface area contributed by atoms with Gasteiger partial charge in [-0.1, -0.05) is 29.8 Å². The molecule has 0 aliphatic carbocycles. The lowest BCUT2D eigenvalue weighted by Crippen LogP contribution is -2.21. The van der Waals surface area contributed by atoms with E-state index in [1.54, 1.807) is 6.07 Å². The predicted molar refractivity (Wildman–Crippen MR) is 76.0 cm³/mol. The van der Waals surface area contributed by atoms with Crippen molar-refractivity contribution < 1.29 is 14.8 Å². The second kappa shape index (κ2) is 7.16. The van der Waals surface area contributed by atoms with Crippen LogP contribution < -0.4 is 0 Å². The van der Waals surface area contributed by atoms with E-state index in [1.807, 2.05) is 18.2 Å². The number of imidazole rings is 1. The molecule has 8 heteroatoms. The molecular weight excluding hydrogens is 298 g/mol. The van der Waals surface area contributed by atoms with Crippen molar-refractivity contribution in [1.29, 1.82) is 0 Å². The van der Waals surface area contributed by atoms with Gasteiger partial charge in [-0.2, -0.15) is 0 Å². The number of benzene rings is 1. The molecule has 0 amide bonds. The molecule has 1 heterocycles. The Kier molecular flexibility index (Phi) is 5.26. The quantitative estimate of drug-likeness (QED) is 0.624. The van der Waals surface area contributed by atoms with Crippen molar-refractivity contribution >= 4 is 17.4 Å². The molecule has 1 atom stereocenters. The van der Waals surface area contributed by atoms with Crippen LogP contribution in [0.2, 0.25) is 5.02 Å². The number of aliphatic hydroxyl groups is 1. The highest BCUT2D eigenvalue weighted by Crippen LogP contribution is 2.15. The van der Waals surface area contributed by atoms with Crippen LogP contribution >= 0.6 is 11.6 Å². The Bertz CT molecular complexity index is 617. The average molecular weight is 312 g/mol. The summed E-state index contributed by atoms with van der Waals surface area (Å²) in [6.07, 6.45) is 1.77. The van der Waals surface area contributed by atoms with Gasteiger partial charge >= 0.3 is 5.82 Å². The summed E-state index contributed by atoms with van der Waals surface area (Å²) in [6, 6.07) is 7.29. The SMILES string of the molecule is O=[N+]([O-])c1cn(CC(O)COCc2ccccc2Cl)cn1. The molecule has 1 aromatic carbocycles. The molecule has 0 saturated heterocycles. The number of hydrogen-bond acceptors (Lipinski definition) is 5. The van der Waals surface area contributed by atoms with Crippen LogP contribution in [0.5, 0.6) is 0 Å². The molecule has 1 unspecified atom stereocenters. The summed E-state index contributed by atoms with van der Waals surface area (Å²) in [5.41, 5.74) is 0.838. The lowest BCUT2D eigenvalue weighted by atomic mass is 10.2. The molecule has 112 valence electrons. The third kappa shape index (κ3) is 4.52. The van der Waals surface area contributed by atoms with Gasteiger partial charge in [-0.25, -0.2) is 0 Å². The number of halogens is 1. The minimum Gasteiger partial charge on any atom is -0.389 e. The van der Waals surface area contributed by atoms with Crippen LogP contribution in [0.4, 0.5) is 5.82 Å². The van der Waals surface area contributed by atoms with E-state index in [2.05, 4.69) is 4.98 Å². The zero-order valence-corrected chi connectivity index (χ0v) is 11.8. The summed E-state index contributed by atoms with van der Waals surface area (Å²) in [4.78, 5) is 13.5. The Morgan fingerprint density at radius 1 is 1.48 bits per heavy atom. The topological polar surface area (TPSA) is 90.4 Å². The number of aromatic nitrogens is 2. The Hall–Kier alpha value is -1.96. The summed E-state index contributed by atoms with van der Waals surface area (Å²) < 4.78 is 6.83. The predicted octanol–water partition coefficient (Wildman–Crippen LogP) is 2.02. The molecule has 0 saturated carbocycles. The fourth-order valence-electron chi connectivity index (χ4n) is 1.76. The molecule has 0 fully saturated rings. The van der Waals surface area contributed by atoms with E-state index < -0.39 is 11.0 Å². The summed E-state index contributed by atoms with van der Waals surface area (Å²) in [6.45, 7) is 0.557. The molecule has 1 aromatic heterocycles. The van der Waals surface area contributed by atoms with Crippen molar-refractivity contribution in [2.75, 3.05) is 6.61 Å². The van der Waals surface area contributed by atoms with Crippen LogP contribution in [0.25, 0.3) is 0 Å². The van der Waals surface area contributed by atoms with Gasteiger partial charge in [0.1, 0.15) is 6.20 Å². The highest BCUT2D eigenvalue weighted by Gasteiger charge is 2.13. The molecule has 2 aromatic rings. The highest BCUT2D eigenvalue weighted by molar-refractivity contribution is 6.31. The van der Waals surface area contributed by atoms with E-state index in [-0.39, 0.29) is 19.0 Å². The summed E-state index contributed by atoms with van der Waals surface area (Å²) in [7, 11) is 0. The number of ether oxygens (including phenoxy) is 1. The molecule has 0 bridgehead atoms. The number of nitro groups is 1. The van der Waals surface area contributed by atoms with Crippen molar-refractivity contribution in [3.8, 4) is 0 Å². The van der Waals surface area contributed by atoms with E-state index in [9.17, 15) is 15.2 Å². The maximum Gasteiger partial charge on any atom is 0.381 e. The normalized spacial score (nSPS) is 12.3. The third-order valence-electron chi connectivity index (χ3n) is 2.75. The van der Waals surface area contributed by atoms with Gasteiger partial charge in [-0.3, -0.25) is 0 Å². The van der Waals surface area contributed by atoms with Gasteiger partial charge < -0.3 is 24.5 Å². The van der Waals surface area contributed by atoms with Crippen LogP contribution in [0.1, 0.15) is 5.56 Å². The number of aliphatic hydroxyl groups excluding tert-OH is 1. The van der Waals surface area contributed by atoms with E-state index in [1.165, 1.54) is 17.1 Å². The number of nitrogens with zero attached hydrogens (tertiary/aromatic N) is 3. The molecule has 7 nitrogen and oxygen atoms in total. The van der Waals surface area contributed by atoms with Gasteiger partial charge in [0.25, 0.3) is 0 Å². The second-order valence-electron chi connectivity index (χ2n) is 4.45. The monoisotopic (exact) mass is 311 g/mol. The summed E-state index contributed by atoms with van der Waals surface area (Å²) in [5.74, 6) is -0.251. The van der Waals surface area contributed by atoms with Crippen molar-refractivity contribution in [2.24, 2.45) is 0 Å². The molecular formula is C13H14ClN3O4. The van der Waals surface area contributed by atoms with Gasteiger partial charge in [-0.15, -0.1) is 0 Å². The summed E-state index contributed by atoms with van der Waals surface area (Å²) >= 11 is 5.98. The average Bonchev–Trinajstić information content (AvgIpc) is 2.89. The first kappa shape index (κ1) is 15.4. The first-order valence-electron chi connectivity index (χ1n) is 6.21. The van der Waals surface area contributed by atoms with Crippen LogP contribution in [0, 0.1) is 10.1 Å². The molecule has 21 heavy (non-hydrogen) atoms. The molecule has 0 aliphatic rings. The molecule has 0 spiro atoms. The molecule has 1 N–H and O–H groups in total. The Morgan fingerprint density at radius 2 is 2.24 bits per heavy atom. The second-order valence-corrected chi connectivity index (χ2v) is 4.85. The van der Waals surface area contributed by atoms with E-state index in [0.29, 0.717) is 11.6 Å². The molecule has 0 aliphatic heterocycles. The van der Waals surface area contributed by atoms with Crippen LogP contribution in [0.15, 0.2) is 36.8 Å². The standard InChI is InChI=1S/C13H14ClN3O4/c14-12-4-2-1-3-10(12)7-21-8-11(18)5-16-6-13(15-9-16)17(19)20/h1-4,6,9,11,18H,5,7-8H2. The van der Waals surface area contributed by atoms with Crippen molar-refractivity contribution in [1.82, 2.24) is 9.55 Å². The van der Waals surface area contributed by atoms with E-state index in [0.717, 1.165) is 5.56 Å². The smallest absolute Gasteiger partial charge is 0.381 e. The van der Waals surface area contributed by atoms with E-state index >= 15 is 0 Å². The fraction of sp³-hybridized carbons (Fsp3) is 0.308. The molecule has 2 rings (SSSR count). The Labute approximate surface area is 125 Å². The number of hydrogen-bond donors (Lipinski definition) is 1. The minimum atomic E-state index is -0.790. The maximum absolute atomic E-state index is 10.5. The fourth-order valence-corrected chi connectivity index (χ4v) is 1.95. The Balaban J connectivity index is 1.78. The van der Waals surface area contributed by atoms with Crippen molar-refractivity contribution in [3.63, 3.8) is 0 Å². The third-order valence-corrected chi connectivity index (χ3v) is 3.12. The van der Waals surface area contributed by atoms with Crippen LogP contribution in [0.3, 0.4) is 0 Å². The minimum absolute atomic E-state index is 0.0944. The zero-order chi connectivity index (χ0) is 15.2. The lowest BCUT2D eigenvalue weighted by Gasteiger charge is -2.11. The van der Waals surface area contributed by atoms with Crippen molar-refractivity contribution in [2.45, 2.75) is 19.3 Å². The van der Waals surface area contributed by atoms with Gasteiger partial charge in [-0.05, 0) is 21.5 Å². The van der Waals surface area contributed by atoms with Gasteiger partial charge in [0.05, 0.1) is 25.9 Å². The number of rotatable bonds is 7. The van der Waals surface area contributed by atoms with Gasteiger partial charge in [0.2, 0.25) is 6.33 Å². The Morgan fingerprint density at radius 3 is 2.90 bits per heavy atom. The lowest BCUT2D eigenvalue weighted by molar-refractivity contribution is -0.389. The first-order valence-corrected chi connectivity index (χ1v) is 6.59. The van der Waals surface area contributed by atoms with Crippen LogP contribution in [-0.2, 0) is 17.9 Å². The summed E-state index contributed by atoms with van der Waals surface area (Å²) in [5, 5.41) is 20.9. The van der Waals surface area contributed by atoms with Crippen molar-refractivity contribution in [3.05, 3.63) is 57.5 Å². The maximum atomic E-state index is 10.5. The highest BCUT2D eigenvalue weighted by atomic mass is 35.5. The van der Waals surface area contributed by atoms with Gasteiger partial charge in [0, 0.05) is 5.02 Å². The van der Waals surface area contributed by atoms with Gasteiger partial charge in [0.15, 0.2) is 0 Å².